The van der Waals surface area contributed by atoms with Crippen molar-refractivity contribution in [1.29, 1.82) is 0 Å². The number of pyridine rings is 3. The number of nitrogens with zero attached hydrogens (tertiary/aromatic N) is 4. The Morgan fingerprint density at radius 1 is 1.10 bits per heavy atom. The summed E-state index contributed by atoms with van der Waals surface area (Å²) in [6, 6.07) is 10.1. The first-order valence-electron chi connectivity index (χ1n) is 13.4. The van der Waals surface area contributed by atoms with Crippen molar-refractivity contribution < 1.29 is 27.1 Å². The number of nitrogens with one attached hydrogen (secondary N) is 1. The van der Waals surface area contributed by atoms with Gasteiger partial charge in [0.25, 0.3) is 5.91 Å². The largest absolute Gasteiger partial charge is 0.485 e. The summed E-state index contributed by atoms with van der Waals surface area (Å²) in [6.07, 6.45) is 5.21. The highest BCUT2D eigenvalue weighted by Gasteiger charge is 2.33. The molecular formula is C29H26FN5O5S. The minimum atomic E-state index is -3.53. The van der Waals surface area contributed by atoms with E-state index >= 15 is 4.39 Å². The fraction of sp³-hybridized carbons (Fsp3) is 0.310. The smallest absolute Gasteiger partial charge is 0.251 e. The first-order valence-corrected chi connectivity index (χ1v) is 15.1. The third-order valence-corrected chi connectivity index (χ3v) is 9.31. The Kier molecular flexibility index (Phi) is 6.31. The maximum Gasteiger partial charge on any atom is 0.251 e. The summed E-state index contributed by atoms with van der Waals surface area (Å²) in [5.41, 5.74) is 2.62. The lowest BCUT2D eigenvalue weighted by atomic mass is 10.1. The number of aromatic nitrogens is 3. The van der Waals surface area contributed by atoms with E-state index in [1.807, 2.05) is 17.0 Å². The monoisotopic (exact) mass is 575 g/mol. The Balaban J connectivity index is 1.11. The quantitative estimate of drug-likeness (QED) is 0.378. The van der Waals surface area contributed by atoms with Crippen molar-refractivity contribution in [2.24, 2.45) is 0 Å². The molecule has 4 aromatic rings. The van der Waals surface area contributed by atoms with Crippen LogP contribution in [-0.2, 0) is 27.7 Å². The number of carbonyl (C=O) groups excluding carboxylic acids is 1. The number of hydrogen-bond acceptors (Lipinski definition) is 9. The number of ether oxygens (including phenoxy) is 2. The molecule has 7 rings (SSSR count). The summed E-state index contributed by atoms with van der Waals surface area (Å²) in [7, 11) is -3.53. The van der Waals surface area contributed by atoms with Gasteiger partial charge >= 0.3 is 0 Å². The van der Waals surface area contributed by atoms with Gasteiger partial charge in [-0.25, -0.2) is 22.8 Å². The van der Waals surface area contributed by atoms with E-state index in [1.54, 1.807) is 30.6 Å². The predicted octanol–water partition coefficient (Wildman–Crippen LogP) is 3.81. The summed E-state index contributed by atoms with van der Waals surface area (Å²) in [5.74, 6) is 0.510. The maximum atomic E-state index is 15.2. The van der Waals surface area contributed by atoms with Crippen molar-refractivity contribution in [2.45, 2.75) is 36.8 Å². The number of halogens is 1. The molecule has 41 heavy (non-hydrogen) atoms. The maximum absolute atomic E-state index is 15.2. The van der Waals surface area contributed by atoms with E-state index in [4.69, 9.17) is 14.5 Å². The lowest BCUT2D eigenvalue weighted by Gasteiger charge is -2.30. The zero-order chi connectivity index (χ0) is 28.1. The third kappa shape index (κ3) is 4.87. The molecule has 1 saturated carbocycles. The molecular weight excluding hydrogens is 549 g/mol. The molecule has 0 radical (unpaired) electrons. The standard InChI is InChI=1S/C29H26FN5O5S/c30-26-22(17-1-2-17)15-32-28-27(26)40-8-7-35(28)25-6-5-19-13-31-21(12-23(19)34-25)14-33-29(36)18-3-4-20-16-39-9-10-41(37,38)24(20)11-18/h3-6,11-13,15,17H,1-2,7-10,14,16H2,(H,33,36). The number of amides is 1. The minimum absolute atomic E-state index is 0.116. The van der Waals surface area contributed by atoms with Gasteiger partial charge in [0.05, 0.1) is 48.2 Å². The van der Waals surface area contributed by atoms with Crippen LogP contribution in [0.5, 0.6) is 5.75 Å². The van der Waals surface area contributed by atoms with Gasteiger partial charge in [-0.1, -0.05) is 6.07 Å². The van der Waals surface area contributed by atoms with E-state index in [0.29, 0.717) is 47.1 Å². The van der Waals surface area contributed by atoms with Gasteiger partial charge in [0.2, 0.25) is 0 Å². The number of carbonyl (C=O) groups is 1. The zero-order valence-corrected chi connectivity index (χ0v) is 22.8. The van der Waals surface area contributed by atoms with E-state index in [9.17, 15) is 13.2 Å². The van der Waals surface area contributed by atoms with Gasteiger partial charge in [-0.05, 0) is 54.7 Å². The average Bonchev–Trinajstić information content (AvgIpc) is 3.84. The second kappa shape index (κ2) is 10.0. The fourth-order valence-corrected chi connectivity index (χ4v) is 6.56. The fourth-order valence-electron chi connectivity index (χ4n) is 5.17. The molecule has 0 spiro atoms. The van der Waals surface area contributed by atoms with Crippen LogP contribution in [-0.4, -0.2) is 54.8 Å². The van der Waals surface area contributed by atoms with E-state index < -0.39 is 15.7 Å². The van der Waals surface area contributed by atoms with Gasteiger partial charge in [0.15, 0.2) is 27.2 Å². The van der Waals surface area contributed by atoms with Crippen LogP contribution >= 0.6 is 0 Å². The van der Waals surface area contributed by atoms with Gasteiger partial charge in [-0.2, -0.15) is 0 Å². The Labute approximate surface area is 235 Å². The van der Waals surface area contributed by atoms with Crippen molar-refractivity contribution in [3.63, 3.8) is 0 Å². The van der Waals surface area contributed by atoms with Crippen LogP contribution in [0, 0.1) is 5.82 Å². The van der Waals surface area contributed by atoms with Crippen molar-refractivity contribution >= 4 is 38.3 Å². The molecule has 210 valence electrons. The van der Waals surface area contributed by atoms with Crippen LogP contribution in [0.1, 0.15) is 45.9 Å². The van der Waals surface area contributed by atoms with Gasteiger partial charge in [0.1, 0.15) is 12.4 Å². The van der Waals surface area contributed by atoms with E-state index in [2.05, 4.69) is 15.3 Å². The molecule has 2 aliphatic heterocycles. The van der Waals surface area contributed by atoms with Gasteiger partial charge in [-0.3, -0.25) is 9.78 Å². The van der Waals surface area contributed by atoms with Crippen LogP contribution in [0.2, 0.25) is 0 Å². The first-order chi connectivity index (χ1) is 19.9. The number of hydrogen-bond donors (Lipinski definition) is 1. The average molecular weight is 576 g/mol. The van der Waals surface area contributed by atoms with Gasteiger partial charge in [-0.15, -0.1) is 0 Å². The summed E-state index contributed by atoms with van der Waals surface area (Å²) in [5, 5.41) is 3.62. The minimum Gasteiger partial charge on any atom is -0.485 e. The molecule has 0 saturated heterocycles. The normalized spacial score (nSPS) is 17.7. The molecule has 5 heterocycles. The van der Waals surface area contributed by atoms with E-state index in [-0.39, 0.29) is 53.5 Å². The molecule has 3 aliphatic rings. The van der Waals surface area contributed by atoms with Crippen LogP contribution in [0.15, 0.2) is 53.7 Å². The van der Waals surface area contributed by atoms with Crippen molar-refractivity contribution in [1.82, 2.24) is 20.3 Å². The molecule has 1 amide bonds. The molecule has 12 heteroatoms. The molecule has 0 bridgehead atoms. The van der Waals surface area contributed by atoms with Crippen LogP contribution in [0.3, 0.4) is 0 Å². The van der Waals surface area contributed by atoms with Crippen molar-refractivity contribution in [3.05, 3.63) is 77.0 Å². The molecule has 10 nitrogen and oxygen atoms in total. The third-order valence-electron chi connectivity index (χ3n) is 7.56. The van der Waals surface area contributed by atoms with E-state index in [1.165, 1.54) is 6.07 Å². The molecule has 1 aromatic carbocycles. The number of benzene rings is 1. The van der Waals surface area contributed by atoms with Crippen molar-refractivity contribution in [2.75, 3.05) is 30.4 Å². The highest BCUT2D eigenvalue weighted by Crippen LogP contribution is 2.46. The molecule has 1 fully saturated rings. The Bertz CT molecular complexity index is 1810. The summed E-state index contributed by atoms with van der Waals surface area (Å²) in [6.45, 7) is 1.20. The number of rotatable bonds is 5. The lowest BCUT2D eigenvalue weighted by molar-refractivity contribution is 0.0950. The van der Waals surface area contributed by atoms with Crippen molar-refractivity contribution in [3.8, 4) is 5.75 Å². The van der Waals surface area contributed by atoms with Crippen LogP contribution in [0.25, 0.3) is 10.9 Å². The summed E-state index contributed by atoms with van der Waals surface area (Å²) < 4.78 is 51.4. The second-order valence-electron chi connectivity index (χ2n) is 10.4. The molecule has 0 unspecified atom stereocenters. The summed E-state index contributed by atoms with van der Waals surface area (Å²) >= 11 is 0. The van der Waals surface area contributed by atoms with Crippen LogP contribution < -0.4 is 15.0 Å². The molecule has 0 atom stereocenters. The Hall–Kier alpha value is -4.16. The predicted molar refractivity (Wildman–Crippen MR) is 148 cm³/mol. The number of fused-ring (bicyclic) bond motifs is 3. The topological polar surface area (TPSA) is 124 Å². The summed E-state index contributed by atoms with van der Waals surface area (Å²) in [4.78, 5) is 28.6. The number of anilines is 2. The zero-order valence-electron chi connectivity index (χ0n) is 22.0. The molecule has 1 N–H and O–H groups in total. The van der Waals surface area contributed by atoms with Gasteiger partial charge in [0, 0.05) is 28.9 Å². The first kappa shape index (κ1) is 25.8. The highest BCUT2D eigenvalue weighted by atomic mass is 32.2. The highest BCUT2D eigenvalue weighted by molar-refractivity contribution is 7.91. The van der Waals surface area contributed by atoms with E-state index in [0.717, 1.165) is 18.2 Å². The van der Waals surface area contributed by atoms with Crippen LogP contribution in [0.4, 0.5) is 16.0 Å². The SMILES string of the molecule is O=C(NCc1cc2nc(N3CCOc4c3ncc(C3CC3)c4F)ccc2cn1)c1ccc2c(c1)S(=O)(=O)CCOC2. The lowest BCUT2D eigenvalue weighted by Crippen LogP contribution is -2.31. The molecule has 1 aliphatic carbocycles. The second-order valence-corrected chi connectivity index (χ2v) is 12.4. The Morgan fingerprint density at radius 3 is 2.83 bits per heavy atom. The van der Waals surface area contributed by atoms with Gasteiger partial charge < -0.3 is 19.7 Å². The molecule has 3 aromatic heterocycles. The Morgan fingerprint density at radius 2 is 1.98 bits per heavy atom. The number of sulfone groups is 1.